The number of nitrogens with zero attached hydrogens (tertiary/aromatic N) is 5. The first-order valence-electron chi connectivity index (χ1n) is 14.0. The van der Waals surface area contributed by atoms with Gasteiger partial charge in [0.15, 0.2) is 11.5 Å². The summed E-state index contributed by atoms with van der Waals surface area (Å²) in [5.41, 5.74) is 7.78. The summed E-state index contributed by atoms with van der Waals surface area (Å²) in [4.78, 5) is 39.3. The highest BCUT2D eigenvalue weighted by Gasteiger charge is 2.25. The van der Waals surface area contributed by atoms with Crippen molar-refractivity contribution in [1.29, 1.82) is 0 Å². The van der Waals surface area contributed by atoms with Crippen molar-refractivity contribution in [2.75, 3.05) is 76.9 Å². The van der Waals surface area contributed by atoms with E-state index in [2.05, 4.69) is 37.6 Å². The number of hydrogen-bond acceptors (Lipinski definition) is 9. The molecule has 3 heterocycles. The molecule has 0 radical (unpaired) electrons. The minimum atomic E-state index is -0.651. The molecular weight excluding hydrogens is 512 g/mol. The van der Waals surface area contributed by atoms with Crippen LogP contribution in [0.2, 0.25) is 0 Å². The van der Waals surface area contributed by atoms with Crippen LogP contribution in [-0.4, -0.2) is 109 Å². The summed E-state index contributed by atoms with van der Waals surface area (Å²) in [6, 6.07) is 8.11. The van der Waals surface area contributed by atoms with Gasteiger partial charge >= 0.3 is 6.03 Å². The number of anilines is 3. The quantitative estimate of drug-likeness (QED) is 0.305. The van der Waals surface area contributed by atoms with E-state index in [-0.39, 0.29) is 24.4 Å². The predicted octanol–water partition coefficient (Wildman–Crippen LogP) is 1.75. The summed E-state index contributed by atoms with van der Waals surface area (Å²) in [6.07, 6.45) is 5.52. The Morgan fingerprint density at radius 3 is 2.55 bits per heavy atom. The summed E-state index contributed by atoms with van der Waals surface area (Å²) in [7, 11) is 3.44. The molecule has 2 fully saturated rings. The molecule has 0 bridgehead atoms. The zero-order valence-corrected chi connectivity index (χ0v) is 23.5. The van der Waals surface area contributed by atoms with Crippen molar-refractivity contribution in [2.24, 2.45) is 5.73 Å². The van der Waals surface area contributed by atoms with Crippen molar-refractivity contribution in [3.63, 3.8) is 0 Å². The number of carbonyl (C=O) groups excluding carboxylic acids is 2. The molecule has 2 aliphatic heterocycles. The van der Waals surface area contributed by atoms with E-state index < -0.39 is 5.91 Å². The minimum absolute atomic E-state index is 0.00307. The van der Waals surface area contributed by atoms with Gasteiger partial charge in [-0.25, -0.2) is 14.8 Å². The number of urea groups is 1. The maximum atomic E-state index is 12.1. The fourth-order valence-electron chi connectivity index (χ4n) is 5.23. The van der Waals surface area contributed by atoms with Crippen molar-refractivity contribution in [3.8, 4) is 0 Å². The third kappa shape index (κ3) is 8.03. The summed E-state index contributed by atoms with van der Waals surface area (Å²) >= 11 is 0. The van der Waals surface area contributed by atoms with Gasteiger partial charge in [0.2, 0.25) is 0 Å². The van der Waals surface area contributed by atoms with Crippen LogP contribution >= 0.6 is 0 Å². The van der Waals surface area contributed by atoms with Crippen LogP contribution in [-0.2, 0) is 4.74 Å². The Bertz CT molecular complexity index is 1120. The standard InChI is InChI=1S/C28H42N8O4/c1-34(2)28(39)32-23-4-3-11-36(19-23)24-18-30-25(26(29)38)27(33-24)31-22-7-5-20(6-8-22)21-9-12-35(13-10-21)14-16-40-17-15-37/h5-8,18,21,23,37H,3-4,9-17,19H2,1-2H3,(H2,29,38)(H,31,33)(H,32,39). The number of carbonyl (C=O) groups is 2. The molecule has 40 heavy (non-hydrogen) atoms. The second kappa shape index (κ2) is 14.2. The van der Waals surface area contributed by atoms with Crippen molar-refractivity contribution in [3.05, 3.63) is 41.7 Å². The Hall–Kier alpha value is -3.48. The van der Waals surface area contributed by atoms with Gasteiger partial charge in [0.05, 0.1) is 26.0 Å². The van der Waals surface area contributed by atoms with Crippen molar-refractivity contribution >= 4 is 29.3 Å². The summed E-state index contributed by atoms with van der Waals surface area (Å²) in [5.74, 6) is 0.782. The van der Waals surface area contributed by atoms with Crippen LogP contribution in [0.1, 0.15) is 47.7 Å². The van der Waals surface area contributed by atoms with E-state index in [1.165, 1.54) is 10.5 Å². The lowest BCUT2D eigenvalue weighted by Gasteiger charge is -2.34. The number of rotatable bonds is 11. The maximum absolute atomic E-state index is 12.1. The normalized spacial score (nSPS) is 18.4. The molecular formula is C28H42N8O4. The van der Waals surface area contributed by atoms with E-state index >= 15 is 0 Å². The predicted molar refractivity (Wildman–Crippen MR) is 154 cm³/mol. The van der Waals surface area contributed by atoms with E-state index in [1.54, 1.807) is 20.3 Å². The van der Waals surface area contributed by atoms with Crippen LogP contribution in [0, 0.1) is 0 Å². The van der Waals surface area contributed by atoms with Gasteiger partial charge in [0, 0.05) is 45.5 Å². The Morgan fingerprint density at radius 1 is 1.12 bits per heavy atom. The second-order valence-corrected chi connectivity index (χ2v) is 10.6. The molecule has 5 N–H and O–H groups in total. The van der Waals surface area contributed by atoms with Crippen molar-refractivity contribution in [2.45, 2.75) is 37.6 Å². The number of ether oxygens (including phenoxy) is 1. The van der Waals surface area contributed by atoms with E-state index in [1.807, 2.05) is 12.1 Å². The van der Waals surface area contributed by atoms with E-state index in [9.17, 15) is 9.59 Å². The Kier molecular flexibility index (Phi) is 10.5. The number of aliphatic hydroxyl groups excluding tert-OH is 1. The molecule has 3 amide bonds. The molecule has 12 heteroatoms. The van der Waals surface area contributed by atoms with Gasteiger partial charge in [0.1, 0.15) is 5.82 Å². The van der Waals surface area contributed by atoms with Crippen LogP contribution < -0.4 is 21.3 Å². The zero-order chi connectivity index (χ0) is 28.5. The molecule has 12 nitrogen and oxygen atoms in total. The van der Waals surface area contributed by atoms with E-state index in [4.69, 9.17) is 20.6 Å². The van der Waals surface area contributed by atoms with Crippen LogP contribution in [0.5, 0.6) is 0 Å². The van der Waals surface area contributed by atoms with Crippen LogP contribution in [0.25, 0.3) is 0 Å². The third-order valence-corrected chi connectivity index (χ3v) is 7.49. The fourth-order valence-corrected chi connectivity index (χ4v) is 5.23. The van der Waals surface area contributed by atoms with Crippen LogP contribution in [0.3, 0.4) is 0 Å². The first kappa shape index (κ1) is 29.5. The Balaban J connectivity index is 1.38. The average molecular weight is 555 g/mol. The number of aromatic nitrogens is 2. The summed E-state index contributed by atoms with van der Waals surface area (Å²) in [5, 5.41) is 15.1. The van der Waals surface area contributed by atoms with E-state index in [0.717, 1.165) is 57.5 Å². The Labute approximate surface area is 235 Å². The molecule has 0 aliphatic carbocycles. The largest absolute Gasteiger partial charge is 0.394 e. The molecule has 1 aromatic carbocycles. The minimum Gasteiger partial charge on any atom is -0.394 e. The van der Waals surface area contributed by atoms with Gasteiger partial charge in [-0.05, 0) is 62.4 Å². The monoisotopic (exact) mass is 554 g/mol. The number of amides is 3. The lowest BCUT2D eigenvalue weighted by Crippen LogP contribution is -2.50. The maximum Gasteiger partial charge on any atom is 0.317 e. The number of benzene rings is 1. The molecule has 2 aliphatic rings. The lowest BCUT2D eigenvalue weighted by atomic mass is 9.89. The van der Waals surface area contributed by atoms with Crippen LogP contribution in [0.15, 0.2) is 30.5 Å². The SMILES string of the molecule is CN(C)C(=O)NC1CCCN(c2cnc(C(N)=O)c(Nc3ccc(C4CCN(CCOCCO)CC4)cc3)n2)C1. The highest BCUT2D eigenvalue weighted by Crippen LogP contribution is 2.30. The smallest absolute Gasteiger partial charge is 0.317 e. The van der Waals surface area contributed by atoms with Gasteiger partial charge in [-0.3, -0.25) is 4.79 Å². The summed E-state index contributed by atoms with van der Waals surface area (Å²) < 4.78 is 5.39. The molecule has 0 spiro atoms. The fraction of sp³-hybridized carbons (Fsp3) is 0.571. The number of piperidine rings is 2. The van der Waals surface area contributed by atoms with Crippen LogP contribution in [0.4, 0.5) is 22.1 Å². The molecule has 2 saturated heterocycles. The molecule has 1 aromatic heterocycles. The number of aliphatic hydroxyl groups is 1. The summed E-state index contributed by atoms with van der Waals surface area (Å²) in [6.45, 7) is 5.42. The van der Waals surface area contributed by atoms with Crippen molar-refractivity contribution in [1.82, 2.24) is 25.1 Å². The van der Waals surface area contributed by atoms with Gasteiger partial charge in [0.25, 0.3) is 5.91 Å². The van der Waals surface area contributed by atoms with Gasteiger partial charge < -0.3 is 40.9 Å². The number of primary amides is 1. The number of hydrogen-bond donors (Lipinski definition) is 4. The first-order valence-corrected chi connectivity index (χ1v) is 14.0. The van der Waals surface area contributed by atoms with Gasteiger partial charge in [-0.15, -0.1) is 0 Å². The molecule has 4 rings (SSSR count). The molecule has 0 saturated carbocycles. The third-order valence-electron chi connectivity index (χ3n) is 7.49. The number of nitrogens with two attached hydrogens (primary N) is 1. The molecule has 2 aromatic rings. The average Bonchev–Trinajstić information content (AvgIpc) is 2.96. The Morgan fingerprint density at radius 2 is 1.88 bits per heavy atom. The molecule has 1 unspecified atom stereocenters. The molecule has 218 valence electrons. The number of likely N-dealkylation sites (tertiary alicyclic amines) is 1. The topological polar surface area (TPSA) is 149 Å². The van der Waals surface area contributed by atoms with Crippen molar-refractivity contribution < 1.29 is 19.4 Å². The molecule has 1 atom stereocenters. The highest BCUT2D eigenvalue weighted by molar-refractivity contribution is 5.96. The highest BCUT2D eigenvalue weighted by atomic mass is 16.5. The van der Waals surface area contributed by atoms with Gasteiger partial charge in [-0.2, -0.15) is 0 Å². The van der Waals surface area contributed by atoms with E-state index in [0.29, 0.717) is 37.3 Å². The first-order chi connectivity index (χ1) is 19.3. The lowest BCUT2D eigenvalue weighted by molar-refractivity contribution is 0.0680. The number of nitrogens with one attached hydrogen (secondary N) is 2. The zero-order valence-electron chi connectivity index (χ0n) is 23.5. The van der Waals surface area contributed by atoms with Gasteiger partial charge in [-0.1, -0.05) is 12.1 Å². The second-order valence-electron chi connectivity index (χ2n) is 10.6.